The minimum Gasteiger partial charge on any atom is -0.490 e. The summed E-state index contributed by atoms with van der Waals surface area (Å²) in [6, 6.07) is 8.08. The van der Waals surface area contributed by atoms with Crippen molar-refractivity contribution >= 4 is 29.1 Å². The van der Waals surface area contributed by atoms with E-state index in [0.29, 0.717) is 48.3 Å². The van der Waals surface area contributed by atoms with Crippen molar-refractivity contribution in [3.05, 3.63) is 75.7 Å². The summed E-state index contributed by atoms with van der Waals surface area (Å²) in [6.45, 7) is 3.29. The highest BCUT2D eigenvalue weighted by molar-refractivity contribution is 7.10. The number of aromatic nitrogens is 1. The predicted octanol–water partition coefficient (Wildman–Crippen LogP) is 8.18. The maximum Gasteiger partial charge on any atom is 0.425 e. The average molecular weight is 814 g/mol. The number of para-hydroxylation sites is 1. The Bertz CT molecular complexity index is 1870. The molecule has 3 aromatic rings. The number of likely N-dealkylation sites (tertiary alicyclic amines) is 1. The van der Waals surface area contributed by atoms with Gasteiger partial charge in [-0.2, -0.15) is 26.3 Å². The number of ether oxygens (including phenoxy) is 2. The summed E-state index contributed by atoms with van der Waals surface area (Å²) in [7, 11) is 1.43. The summed E-state index contributed by atoms with van der Waals surface area (Å²) in [4.78, 5) is 45.6. The van der Waals surface area contributed by atoms with E-state index in [1.54, 1.807) is 38.1 Å². The number of carbonyl (C=O) groups is 3. The van der Waals surface area contributed by atoms with Gasteiger partial charge in [0.15, 0.2) is 0 Å². The molecule has 306 valence electrons. The van der Waals surface area contributed by atoms with Crippen LogP contribution in [-0.4, -0.2) is 80.7 Å². The van der Waals surface area contributed by atoms with Gasteiger partial charge in [0.05, 0.1) is 29.2 Å². The quantitative estimate of drug-likeness (QED) is 0.156. The number of hydrogen-bond acceptors (Lipinski definition) is 8. The van der Waals surface area contributed by atoms with Gasteiger partial charge >= 0.3 is 18.3 Å². The van der Waals surface area contributed by atoms with Gasteiger partial charge in [0, 0.05) is 49.8 Å². The van der Waals surface area contributed by atoms with Gasteiger partial charge in [0.25, 0.3) is 11.8 Å². The molecule has 5 rings (SSSR count). The Kier molecular flexibility index (Phi) is 13.0. The van der Waals surface area contributed by atoms with E-state index < -0.39 is 69.4 Å². The molecule has 1 unspecified atom stereocenters. The molecule has 1 saturated carbocycles. The Balaban J connectivity index is 1.48. The number of thiophene rings is 1. The van der Waals surface area contributed by atoms with E-state index in [1.807, 2.05) is 0 Å². The number of aliphatic hydroxyl groups is 1. The number of piperidine rings is 1. The van der Waals surface area contributed by atoms with Crippen molar-refractivity contribution in [3.8, 4) is 11.5 Å². The van der Waals surface area contributed by atoms with E-state index in [0.717, 1.165) is 34.7 Å². The highest BCUT2D eigenvalue weighted by Gasteiger charge is 2.56. The number of amides is 2. The van der Waals surface area contributed by atoms with E-state index in [1.165, 1.54) is 11.9 Å². The molecule has 1 saturated heterocycles. The predicted molar refractivity (Wildman–Crippen MR) is 193 cm³/mol. The third-order valence-corrected chi connectivity index (χ3v) is 11.7. The fraction of sp³-hybridized carbons (Fsp3) is 0.538. The van der Waals surface area contributed by atoms with Crippen molar-refractivity contribution in [3.63, 3.8) is 0 Å². The molecule has 1 aliphatic heterocycles. The number of hydrogen-bond donors (Lipinski definition) is 2. The number of carboxylic acid groups (broad SMARTS) is 1. The fourth-order valence-electron chi connectivity index (χ4n) is 7.76. The van der Waals surface area contributed by atoms with Crippen LogP contribution in [0.4, 0.5) is 26.3 Å². The molecule has 17 heteroatoms. The first-order valence-corrected chi connectivity index (χ1v) is 19.4. The van der Waals surface area contributed by atoms with E-state index in [9.17, 15) is 50.9 Å². The van der Waals surface area contributed by atoms with E-state index in [-0.39, 0.29) is 57.0 Å². The van der Waals surface area contributed by atoms with Crippen LogP contribution in [0.2, 0.25) is 0 Å². The number of rotatable bonds is 14. The van der Waals surface area contributed by atoms with E-state index in [4.69, 9.17) is 9.47 Å². The number of likely N-dealkylation sites (N-methyl/N-ethyl adjacent to an activating group) is 1. The monoisotopic (exact) mass is 813 g/mol. The van der Waals surface area contributed by atoms with Gasteiger partial charge < -0.3 is 29.5 Å². The van der Waals surface area contributed by atoms with Gasteiger partial charge in [0.1, 0.15) is 22.1 Å². The first-order chi connectivity index (χ1) is 26.3. The molecule has 1 aromatic carbocycles. The Morgan fingerprint density at radius 1 is 1.04 bits per heavy atom. The van der Waals surface area contributed by atoms with Crippen LogP contribution in [0.3, 0.4) is 0 Å². The summed E-state index contributed by atoms with van der Waals surface area (Å²) in [5.74, 6) is -3.22. The smallest absolute Gasteiger partial charge is 0.425 e. The highest BCUT2D eigenvalue weighted by atomic mass is 32.1. The molecule has 0 radical (unpaired) electrons. The zero-order valence-electron chi connectivity index (χ0n) is 31.2. The molecule has 2 aromatic heterocycles. The maximum absolute atomic E-state index is 14.9. The Morgan fingerprint density at radius 3 is 2.38 bits per heavy atom. The van der Waals surface area contributed by atoms with Crippen molar-refractivity contribution in [2.45, 2.75) is 107 Å². The van der Waals surface area contributed by atoms with Crippen LogP contribution < -0.4 is 9.47 Å². The van der Waals surface area contributed by atoms with E-state index >= 15 is 0 Å². The number of nitrogens with zero attached hydrogens (tertiary/aromatic N) is 3. The molecule has 2 amide bonds. The molecular weight excluding hydrogens is 768 g/mol. The zero-order valence-corrected chi connectivity index (χ0v) is 32.0. The minimum absolute atomic E-state index is 0.0449. The van der Waals surface area contributed by atoms with Gasteiger partial charge in [-0.3, -0.25) is 19.4 Å². The van der Waals surface area contributed by atoms with Crippen LogP contribution in [-0.2, 0) is 27.5 Å². The Morgan fingerprint density at radius 2 is 1.75 bits per heavy atom. The third-order valence-electron chi connectivity index (χ3n) is 10.7. The van der Waals surface area contributed by atoms with Crippen molar-refractivity contribution in [2.24, 2.45) is 5.92 Å². The average Bonchev–Trinajstić information content (AvgIpc) is 3.84. The molecule has 1 aliphatic carbocycles. The van der Waals surface area contributed by atoms with Crippen LogP contribution >= 0.6 is 11.3 Å². The minimum atomic E-state index is -4.93. The van der Waals surface area contributed by atoms with Gasteiger partial charge in [-0.25, -0.2) is 0 Å². The first-order valence-electron chi connectivity index (χ1n) is 18.5. The second-order valence-corrected chi connectivity index (χ2v) is 15.3. The summed E-state index contributed by atoms with van der Waals surface area (Å²) >= 11 is 0.351. The molecule has 0 spiro atoms. The summed E-state index contributed by atoms with van der Waals surface area (Å²) in [5, 5.41) is 22.6. The topological polar surface area (TPSA) is 130 Å². The second-order valence-electron chi connectivity index (χ2n) is 14.4. The van der Waals surface area contributed by atoms with Crippen molar-refractivity contribution in [1.82, 2.24) is 14.8 Å². The lowest BCUT2D eigenvalue weighted by molar-refractivity contribution is -0.158. The molecule has 56 heavy (non-hydrogen) atoms. The van der Waals surface area contributed by atoms with E-state index in [2.05, 4.69) is 4.98 Å². The standard InChI is InChI=1S/C39H45F6N3O7S/c1-4-10-30-37(55-26-22-31(56-23-26)39(43,44)45,16-9-19-48(30)33(49)32-28(38(40,41)42)12-8-18-46-32)35(52)47(3)20-17-36(53,5-2)27-11-6-7-13-29(27)54-25-15-14-24(21-25)34(50)51/h6-8,11-13,18,22-25,30,53H,4-5,9-10,14-17,19-21H2,1-3H3,(H,50,51)/t24-,25+,30-,36?,37+/m1/s1. The Hall–Kier alpha value is -4.38. The normalized spacial score (nSPS) is 22.7. The lowest BCUT2D eigenvalue weighted by Crippen LogP contribution is -2.67. The lowest BCUT2D eigenvalue weighted by Gasteiger charge is -2.49. The molecular formula is C39H45F6N3O7S. The summed E-state index contributed by atoms with van der Waals surface area (Å²) in [6.07, 6.45) is -7.25. The van der Waals surface area contributed by atoms with Crippen molar-refractivity contribution in [2.75, 3.05) is 20.1 Å². The van der Waals surface area contributed by atoms with Crippen LogP contribution in [0, 0.1) is 5.92 Å². The number of aliphatic carboxylic acids is 1. The largest absolute Gasteiger partial charge is 0.490 e. The summed E-state index contributed by atoms with van der Waals surface area (Å²) < 4.78 is 95.8. The number of benzene rings is 1. The number of carboxylic acids is 1. The number of halogens is 6. The second kappa shape index (κ2) is 17.0. The van der Waals surface area contributed by atoms with Gasteiger partial charge in [0.2, 0.25) is 5.60 Å². The number of pyridine rings is 1. The van der Waals surface area contributed by atoms with Gasteiger partial charge in [-0.05, 0) is 63.1 Å². The van der Waals surface area contributed by atoms with Crippen molar-refractivity contribution in [1.29, 1.82) is 0 Å². The molecule has 0 bridgehead atoms. The number of alkyl halides is 6. The molecule has 3 heterocycles. The van der Waals surface area contributed by atoms with Crippen LogP contribution in [0.15, 0.2) is 54.0 Å². The van der Waals surface area contributed by atoms with Crippen molar-refractivity contribution < 1.29 is 60.4 Å². The molecule has 2 aliphatic rings. The molecule has 2 N–H and O–H groups in total. The summed E-state index contributed by atoms with van der Waals surface area (Å²) in [5.41, 5.74) is -5.34. The van der Waals surface area contributed by atoms with Gasteiger partial charge in [-0.15, -0.1) is 11.3 Å². The zero-order chi connectivity index (χ0) is 41.1. The maximum atomic E-state index is 14.9. The fourth-order valence-corrected chi connectivity index (χ4v) is 8.44. The van der Waals surface area contributed by atoms with Crippen LogP contribution in [0.1, 0.15) is 98.1 Å². The molecule has 5 atom stereocenters. The number of carbonyl (C=O) groups excluding carboxylic acids is 2. The molecule has 2 fully saturated rings. The van der Waals surface area contributed by atoms with Crippen LogP contribution in [0.25, 0.3) is 0 Å². The van der Waals surface area contributed by atoms with Crippen LogP contribution in [0.5, 0.6) is 11.5 Å². The first kappa shape index (κ1) is 42.8. The lowest BCUT2D eigenvalue weighted by atomic mass is 9.79. The SMILES string of the molecule is CCC[C@H]1N(C(=O)c2ncccc2C(F)(F)F)CCC[C@@]1(Oc1csc(C(F)(F)F)c1)C(=O)N(C)CCC(O)(CC)c1ccccc1O[C@H]1CC[C@@H](C(=O)O)C1. The van der Waals surface area contributed by atoms with Gasteiger partial charge in [-0.1, -0.05) is 38.5 Å². The Labute approximate surface area is 324 Å². The molecule has 10 nitrogen and oxygen atoms in total. The third kappa shape index (κ3) is 9.09. The highest BCUT2D eigenvalue weighted by Crippen LogP contribution is 2.43.